The first-order valence-electron chi connectivity index (χ1n) is 8.17. The monoisotopic (exact) mass is 257 g/mol. The molecule has 2 fully saturated rings. The molecule has 3 unspecified atom stereocenters. The maximum atomic E-state index is 3.74. The van der Waals surface area contributed by atoms with Gasteiger partial charge in [-0.3, -0.25) is 0 Å². The Labute approximate surface area is 117 Å². The Morgan fingerprint density at radius 1 is 1.11 bits per heavy atom. The van der Waals surface area contributed by atoms with Crippen LogP contribution in [0.4, 0.5) is 0 Å². The summed E-state index contributed by atoms with van der Waals surface area (Å²) in [5.74, 6) is 2.98. The summed E-state index contributed by atoms with van der Waals surface area (Å²) in [5.41, 5.74) is 3.00. The maximum Gasteiger partial charge on any atom is 0.0354 e. The molecule has 104 valence electrons. The van der Waals surface area contributed by atoms with Crippen molar-refractivity contribution in [1.29, 1.82) is 0 Å². The van der Waals surface area contributed by atoms with Crippen LogP contribution in [0, 0.1) is 17.8 Å². The van der Waals surface area contributed by atoms with E-state index in [4.69, 9.17) is 0 Å². The van der Waals surface area contributed by atoms with Crippen LogP contribution in [0.2, 0.25) is 0 Å². The third-order valence-electron chi connectivity index (χ3n) is 5.16. The van der Waals surface area contributed by atoms with E-state index in [0.29, 0.717) is 6.04 Å². The number of hydrogen-bond acceptors (Lipinski definition) is 1. The zero-order chi connectivity index (χ0) is 13.2. The van der Waals surface area contributed by atoms with E-state index in [9.17, 15) is 0 Å². The molecule has 0 saturated heterocycles. The largest absolute Gasteiger partial charge is 0.310 e. The molecule has 1 heteroatoms. The van der Waals surface area contributed by atoms with Crippen molar-refractivity contribution in [2.75, 3.05) is 6.54 Å². The first-order chi connectivity index (χ1) is 9.35. The van der Waals surface area contributed by atoms with Gasteiger partial charge in [0.25, 0.3) is 0 Å². The predicted octanol–water partition coefficient (Wildman–Crippen LogP) is 4.34. The summed E-state index contributed by atoms with van der Waals surface area (Å²) < 4.78 is 0. The third-order valence-corrected chi connectivity index (χ3v) is 5.16. The number of aryl methyl sites for hydroxylation is 1. The lowest BCUT2D eigenvalue weighted by Gasteiger charge is -2.20. The summed E-state index contributed by atoms with van der Waals surface area (Å²) in [6.07, 6.45) is 6.87. The van der Waals surface area contributed by atoms with Gasteiger partial charge in [0.05, 0.1) is 0 Å². The van der Waals surface area contributed by atoms with Crippen molar-refractivity contribution in [3.05, 3.63) is 35.4 Å². The minimum atomic E-state index is 0.607. The summed E-state index contributed by atoms with van der Waals surface area (Å²) in [6.45, 7) is 5.56. The molecule has 0 aromatic heterocycles. The van der Waals surface area contributed by atoms with Gasteiger partial charge in [0.1, 0.15) is 0 Å². The van der Waals surface area contributed by atoms with Gasteiger partial charge in [0.2, 0.25) is 0 Å². The molecule has 2 saturated carbocycles. The predicted molar refractivity (Wildman–Crippen MR) is 81.2 cm³/mol. The van der Waals surface area contributed by atoms with Crippen LogP contribution in [0.3, 0.4) is 0 Å². The smallest absolute Gasteiger partial charge is 0.0354 e. The molecule has 19 heavy (non-hydrogen) atoms. The quantitative estimate of drug-likeness (QED) is 0.799. The zero-order valence-corrected chi connectivity index (χ0v) is 12.4. The van der Waals surface area contributed by atoms with Crippen molar-refractivity contribution < 1.29 is 0 Å². The summed E-state index contributed by atoms with van der Waals surface area (Å²) in [6, 6.07) is 10.0. The molecule has 0 amide bonds. The molecule has 3 atom stereocenters. The molecule has 0 spiro atoms. The van der Waals surface area contributed by atoms with Gasteiger partial charge in [-0.05, 0) is 54.7 Å². The molecule has 0 radical (unpaired) electrons. The summed E-state index contributed by atoms with van der Waals surface area (Å²) in [4.78, 5) is 0. The number of benzene rings is 1. The molecule has 2 aliphatic carbocycles. The molecule has 0 heterocycles. The molecule has 1 aromatic carbocycles. The number of nitrogens with one attached hydrogen (secondary N) is 1. The van der Waals surface area contributed by atoms with Crippen molar-refractivity contribution in [1.82, 2.24) is 5.32 Å². The molecular weight excluding hydrogens is 230 g/mol. The second-order valence-corrected chi connectivity index (χ2v) is 6.36. The molecule has 0 bridgehead atoms. The van der Waals surface area contributed by atoms with Crippen LogP contribution in [-0.2, 0) is 6.42 Å². The minimum Gasteiger partial charge on any atom is -0.310 e. The van der Waals surface area contributed by atoms with E-state index in [1.54, 1.807) is 0 Å². The van der Waals surface area contributed by atoms with E-state index in [0.717, 1.165) is 24.3 Å². The van der Waals surface area contributed by atoms with Crippen LogP contribution in [-0.4, -0.2) is 6.54 Å². The molecule has 0 aliphatic heterocycles. The Morgan fingerprint density at radius 2 is 1.79 bits per heavy atom. The molecule has 2 aliphatic rings. The summed E-state index contributed by atoms with van der Waals surface area (Å²) in [7, 11) is 0. The third kappa shape index (κ3) is 2.58. The normalized spacial score (nSPS) is 30.1. The van der Waals surface area contributed by atoms with Crippen LogP contribution in [0.25, 0.3) is 0 Å². The molecule has 1 N–H and O–H groups in total. The highest BCUT2D eigenvalue weighted by Crippen LogP contribution is 2.62. The van der Waals surface area contributed by atoms with Gasteiger partial charge in [0, 0.05) is 6.04 Å². The lowest BCUT2D eigenvalue weighted by atomic mass is 9.95. The SMILES string of the molecule is CCCc1ccc(C(NCC)C2C3CCCC32)cc1. The summed E-state index contributed by atoms with van der Waals surface area (Å²) in [5, 5.41) is 3.74. The van der Waals surface area contributed by atoms with Crippen LogP contribution < -0.4 is 5.32 Å². The van der Waals surface area contributed by atoms with E-state index >= 15 is 0 Å². The van der Waals surface area contributed by atoms with E-state index in [1.807, 2.05) is 0 Å². The second kappa shape index (κ2) is 5.66. The first-order valence-corrected chi connectivity index (χ1v) is 8.17. The Morgan fingerprint density at radius 3 is 2.37 bits per heavy atom. The van der Waals surface area contributed by atoms with E-state index in [-0.39, 0.29) is 0 Å². The van der Waals surface area contributed by atoms with E-state index in [2.05, 4.69) is 43.4 Å². The lowest BCUT2D eigenvalue weighted by Crippen LogP contribution is -2.24. The Kier molecular flexibility index (Phi) is 3.93. The van der Waals surface area contributed by atoms with Gasteiger partial charge < -0.3 is 5.32 Å². The van der Waals surface area contributed by atoms with Crippen molar-refractivity contribution in [3.8, 4) is 0 Å². The second-order valence-electron chi connectivity index (χ2n) is 6.36. The van der Waals surface area contributed by atoms with Crippen molar-refractivity contribution in [3.63, 3.8) is 0 Å². The molecular formula is C18H27N. The van der Waals surface area contributed by atoms with E-state index in [1.165, 1.54) is 43.2 Å². The first kappa shape index (κ1) is 13.2. The Bertz CT molecular complexity index is 398. The highest BCUT2D eigenvalue weighted by molar-refractivity contribution is 5.28. The minimum absolute atomic E-state index is 0.607. The van der Waals surface area contributed by atoms with Crippen molar-refractivity contribution in [2.45, 2.75) is 52.0 Å². The van der Waals surface area contributed by atoms with Crippen LogP contribution in [0.5, 0.6) is 0 Å². The van der Waals surface area contributed by atoms with Crippen molar-refractivity contribution in [2.24, 2.45) is 17.8 Å². The number of fused-ring (bicyclic) bond motifs is 1. The molecule has 3 rings (SSSR count). The Balaban J connectivity index is 1.72. The molecule has 1 nitrogen and oxygen atoms in total. The van der Waals surface area contributed by atoms with Crippen LogP contribution in [0.15, 0.2) is 24.3 Å². The fourth-order valence-corrected chi connectivity index (χ4v) is 4.25. The van der Waals surface area contributed by atoms with Gasteiger partial charge >= 0.3 is 0 Å². The van der Waals surface area contributed by atoms with Gasteiger partial charge in [-0.25, -0.2) is 0 Å². The number of rotatable bonds is 6. The highest BCUT2D eigenvalue weighted by atomic mass is 14.9. The van der Waals surface area contributed by atoms with Gasteiger partial charge in [-0.2, -0.15) is 0 Å². The highest BCUT2D eigenvalue weighted by Gasteiger charge is 2.55. The van der Waals surface area contributed by atoms with Gasteiger partial charge in [-0.15, -0.1) is 0 Å². The maximum absolute atomic E-state index is 3.74. The van der Waals surface area contributed by atoms with Gasteiger partial charge in [-0.1, -0.05) is 51.0 Å². The van der Waals surface area contributed by atoms with Crippen molar-refractivity contribution >= 4 is 0 Å². The Hall–Kier alpha value is -0.820. The van der Waals surface area contributed by atoms with Gasteiger partial charge in [0.15, 0.2) is 0 Å². The van der Waals surface area contributed by atoms with Crippen LogP contribution in [0.1, 0.15) is 56.7 Å². The fourth-order valence-electron chi connectivity index (χ4n) is 4.25. The topological polar surface area (TPSA) is 12.0 Å². The number of hydrogen-bond donors (Lipinski definition) is 1. The zero-order valence-electron chi connectivity index (χ0n) is 12.4. The molecule has 1 aromatic rings. The van der Waals surface area contributed by atoms with Crippen LogP contribution >= 0.6 is 0 Å². The fraction of sp³-hybridized carbons (Fsp3) is 0.667. The van der Waals surface area contributed by atoms with E-state index < -0.39 is 0 Å². The summed E-state index contributed by atoms with van der Waals surface area (Å²) >= 11 is 0. The average Bonchev–Trinajstić information content (AvgIpc) is 2.89. The lowest BCUT2D eigenvalue weighted by molar-refractivity contribution is 0.426. The standard InChI is InChI=1S/C18H27N/c1-3-6-13-9-11-14(12-10-13)18(19-4-2)17-15-7-5-8-16(15)17/h9-12,15-19H,3-8H2,1-2H3. The average molecular weight is 257 g/mol.